The van der Waals surface area contributed by atoms with Crippen LogP contribution in [0.4, 0.5) is 17.1 Å². The third kappa shape index (κ3) is 5.49. The lowest BCUT2D eigenvalue weighted by molar-refractivity contribution is -0.113. The van der Waals surface area contributed by atoms with Gasteiger partial charge in [-0.25, -0.2) is 0 Å². The minimum absolute atomic E-state index is 0.00258. The lowest BCUT2D eigenvalue weighted by Gasteiger charge is -2.08. The first-order valence-corrected chi connectivity index (χ1v) is 7.93. The summed E-state index contributed by atoms with van der Waals surface area (Å²) in [4.78, 5) is 11.7. The Bertz CT molecular complexity index is 557. The van der Waals surface area contributed by atoms with Crippen LogP contribution in [0.25, 0.3) is 0 Å². The Balaban J connectivity index is 1.85. The van der Waals surface area contributed by atoms with Gasteiger partial charge in [0.05, 0.1) is 5.75 Å². The number of carbonyl (C=O) groups is 1. The van der Waals surface area contributed by atoms with Crippen LogP contribution in [-0.4, -0.2) is 24.0 Å². The molecule has 0 heterocycles. The highest BCUT2D eigenvalue weighted by molar-refractivity contribution is 7.99. The van der Waals surface area contributed by atoms with Gasteiger partial charge in [-0.3, -0.25) is 4.79 Å². The molecule has 5 heteroatoms. The predicted molar refractivity (Wildman–Crippen MR) is 91.2 cm³/mol. The molecular weight excluding hydrogens is 282 g/mol. The molecule has 0 spiro atoms. The largest absolute Gasteiger partial charge is 0.356 e. The molecule has 2 aromatic carbocycles. The molecule has 0 aliphatic carbocycles. The van der Waals surface area contributed by atoms with Gasteiger partial charge in [0.2, 0.25) is 5.91 Å². The SMILES string of the molecule is NCCSCC(=O)Nc1ccc(Nc2ccccc2)cc1. The third-order valence-corrected chi connectivity index (χ3v) is 3.72. The quantitative estimate of drug-likeness (QED) is 0.688. The minimum Gasteiger partial charge on any atom is -0.356 e. The molecule has 4 nitrogen and oxygen atoms in total. The second-order valence-corrected chi connectivity index (χ2v) is 5.56. The van der Waals surface area contributed by atoms with Crippen molar-refractivity contribution in [3.05, 3.63) is 54.6 Å². The molecule has 110 valence electrons. The highest BCUT2D eigenvalue weighted by atomic mass is 32.2. The summed E-state index contributed by atoms with van der Waals surface area (Å²) in [6, 6.07) is 17.6. The van der Waals surface area contributed by atoms with Gasteiger partial charge in [-0.1, -0.05) is 18.2 Å². The van der Waals surface area contributed by atoms with Crippen molar-refractivity contribution in [2.75, 3.05) is 28.7 Å². The summed E-state index contributed by atoms with van der Waals surface area (Å²) in [5, 5.41) is 6.16. The summed E-state index contributed by atoms with van der Waals surface area (Å²) in [6.45, 7) is 0.595. The predicted octanol–water partition coefficient (Wildman–Crippen LogP) is 3.06. The summed E-state index contributed by atoms with van der Waals surface area (Å²) >= 11 is 1.54. The van der Waals surface area contributed by atoms with E-state index in [1.165, 1.54) is 11.8 Å². The summed E-state index contributed by atoms with van der Waals surface area (Å²) in [7, 11) is 0. The average molecular weight is 301 g/mol. The number of anilines is 3. The van der Waals surface area contributed by atoms with Crippen molar-refractivity contribution in [3.8, 4) is 0 Å². The molecule has 1 amide bonds. The van der Waals surface area contributed by atoms with E-state index in [1.807, 2.05) is 54.6 Å². The van der Waals surface area contributed by atoms with Crippen LogP contribution in [0.2, 0.25) is 0 Å². The molecule has 0 atom stereocenters. The maximum atomic E-state index is 11.7. The van der Waals surface area contributed by atoms with Gasteiger partial charge in [0.25, 0.3) is 0 Å². The van der Waals surface area contributed by atoms with Crippen molar-refractivity contribution in [1.82, 2.24) is 0 Å². The highest BCUT2D eigenvalue weighted by Crippen LogP contribution is 2.18. The van der Waals surface area contributed by atoms with E-state index in [9.17, 15) is 4.79 Å². The smallest absolute Gasteiger partial charge is 0.234 e. The highest BCUT2D eigenvalue weighted by Gasteiger charge is 2.02. The van der Waals surface area contributed by atoms with Gasteiger partial charge in [-0.05, 0) is 36.4 Å². The van der Waals surface area contributed by atoms with Crippen molar-refractivity contribution >= 4 is 34.7 Å². The Morgan fingerprint density at radius 3 is 2.24 bits per heavy atom. The van der Waals surface area contributed by atoms with Crippen molar-refractivity contribution in [1.29, 1.82) is 0 Å². The van der Waals surface area contributed by atoms with E-state index < -0.39 is 0 Å². The fourth-order valence-electron chi connectivity index (χ4n) is 1.77. The van der Waals surface area contributed by atoms with Crippen molar-refractivity contribution in [2.45, 2.75) is 0 Å². The van der Waals surface area contributed by atoms with Crippen LogP contribution >= 0.6 is 11.8 Å². The van der Waals surface area contributed by atoms with Gasteiger partial charge in [-0.2, -0.15) is 11.8 Å². The van der Waals surface area contributed by atoms with E-state index in [1.54, 1.807) is 0 Å². The van der Waals surface area contributed by atoms with Crippen LogP contribution in [0.3, 0.4) is 0 Å². The summed E-state index contributed by atoms with van der Waals surface area (Å²) in [5.74, 6) is 1.23. The van der Waals surface area contributed by atoms with E-state index in [0.717, 1.165) is 22.8 Å². The summed E-state index contributed by atoms with van der Waals surface area (Å²) < 4.78 is 0. The number of carbonyl (C=O) groups excluding carboxylic acids is 1. The Kier molecular flexibility index (Phi) is 6.12. The molecule has 0 radical (unpaired) electrons. The molecule has 0 bridgehead atoms. The van der Waals surface area contributed by atoms with E-state index >= 15 is 0 Å². The molecular formula is C16H19N3OS. The van der Waals surface area contributed by atoms with Crippen molar-refractivity contribution in [3.63, 3.8) is 0 Å². The van der Waals surface area contributed by atoms with Gasteiger partial charge in [0, 0.05) is 29.4 Å². The molecule has 0 aromatic heterocycles. The molecule has 21 heavy (non-hydrogen) atoms. The third-order valence-electron chi connectivity index (χ3n) is 2.73. The molecule has 4 N–H and O–H groups in total. The molecule has 0 aliphatic rings. The number of nitrogens with two attached hydrogens (primary N) is 1. The van der Waals surface area contributed by atoms with Gasteiger partial charge in [0.15, 0.2) is 0 Å². The lowest BCUT2D eigenvalue weighted by atomic mass is 10.2. The number of rotatable bonds is 7. The van der Waals surface area contributed by atoms with Crippen LogP contribution in [0.5, 0.6) is 0 Å². The number of hydrogen-bond acceptors (Lipinski definition) is 4. The van der Waals surface area contributed by atoms with Crippen LogP contribution in [0.15, 0.2) is 54.6 Å². The number of amides is 1. The second-order valence-electron chi connectivity index (χ2n) is 4.46. The van der Waals surface area contributed by atoms with E-state index in [-0.39, 0.29) is 5.91 Å². The zero-order valence-electron chi connectivity index (χ0n) is 11.7. The van der Waals surface area contributed by atoms with E-state index in [2.05, 4.69) is 10.6 Å². The zero-order chi connectivity index (χ0) is 14.9. The second kappa shape index (κ2) is 8.34. The first kappa shape index (κ1) is 15.4. The average Bonchev–Trinajstić information content (AvgIpc) is 2.51. The number of para-hydroxylation sites is 1. The molecule has 0 saturated heterocycles. The monoisotopic (exact) mass is 301 g/mol. The Morgan fingerprint density at radius 2 is 1.57 bits per heavy atom. The van der Waals surface area contributed by atoms with Crippen molar-refractivity contribution in [2.24, 2.45) is 5.73 Å². The maximum Gasteiger partial charge on any atom is 0.234 e. The standard InChI is InChI=1S/C16H19N3OS/c17-10-11-21-12-16(20)19-15-8-6-14(7-9-15)18-13-4-2-1-3-5-13/h1-9,18H,10-12,17H2,(H,19,20). The molecule has 0 saturated carbocycles. The normalized spacial score (nSPS) is 10.1. The first-order valence-electron chi connectivity index (χ1n) is 6.78. The van der Waals surface area contributed by atoms with Crippen molar-refractivity contribution < 1.29 is 4.79 Å². The fourth-order valence-corrected chi connectivity index (χ4v) is 2.34. The molecule has 0 unspecified atom stereocenters. The maximum absolute atomic E-state index is 11.7. The van der Waals surface area contributed by atoms with E-state index in [4.69, 9.17) is 5.73 Å². The molecule has 2 rings (SSSR count). The van der Waals surface area contributed by atoms with Crippen LogP contribution in [0, 0.1) is 0 Å². The Hall–Kier alpha value is -1.98. The number of nitrogens with one attached hydrogen (secondary N) is 2. The molecule has 2 aromatic rings. The Morgan fingerprint density at radius 1 is 0.952 bits per heavy atom. The van der Waals surface area contributed by atoms with Crippen LogP contribution in [-0.2, 0) is 4.79 Å². The number of thioether (sulfide) groups is 1. The topological polar surface area (TPSA) is 67.2 Å². The summed E-state index contributed by atoms with van der Waals surface area (Å²) in [5.41, 5.74) is 8.20. The molecule has 0 fully saturated rings. The summed E-state index contributed by atoms with van der Waals surface area (Å²) in [6.07, 6.45) is 0. The van der Waals surface area contributed by atoms with Crippen LogP contribution in [0.1, 0.15) is 0 Å². The van der Waals surface area contributed by atoms with Crippen LogP contribution < -0.4 is 16.4 Å². The van der Waals surface area contributed by atoms with Gasteiger partial charge >= 0.3 is 0 Å². The van der Waals surface area contributed by atoms with Gasteiger partial charge in [-0.15, -0.1) is 0 Å². The number of hydrogen-bond donors (Lipinski definition) is 3. The Labute approximate surface area is 129 Å². The first-order chi connectivity index (χ1) is 10.3. The number of benzene rings is 2. The van der Waals surface area contributed by atoms with E-state index in [0.29, 0.717) is 12.3 Å². The van der Waals surface area contributed by atoms with Gasteiger partial charge in [0.1, 0.15) is 0 Å². The lowest BCUT2D eigenvalue weighted by Crippen LogP contribution is -2.15. The zero-order valence-corrected chi connectivity index (χ0v) is 12.5. The fraction of sp³-hybridized carbons (Fsp3) is 0.188. The minimum atomic E-state index is -0.00258. The molecule has 0 aliphatic heterocycles. The van der Waals surface area contributed by atoms with Gasteiger partial charge < -0.3 is 16.4 Å².